The molecule has 1 fully saturated rings. The van der Waals surface area contributed by atoms with Crippen LogP contribution in [-0.2, 0) is 0 Å². The topological polar surface area (TPSA) is 102 Å². The lowest BCUT2D eigenvalue weighted by molar-refractivity contribution is 0.244. The van der Waals surface area contributed by atoms with Crippen LogP contribution in [0.1, 0.15) is 31.1 Å². The summed E-state index contributed by atoms with van der Waals surface area (Å²) in [4.78, 5) is 13.4. The van der Waals surface area contributed by atoms with Gasteiger partial charge in [-0.2, -0.15) is 9.97 Å². The molecule has 0 aromatic carbocycles. The van der Waals surface area contributed by atoms with E-state index in [1.165, 1.54) is 0 Å². The van der Waals surface area contributed by atoms with Crippen LogP contribution in [0.3, 0.4) is 0 Å². The SMILES string of the molecule is Cc1nc2c(NC3CC3)nc(N)nc2n1C1C=CC(CO)C1. The Balaban J connectivity index is 1.80. The Hall–Kier alpha value is -2.15. The van der Waals surface area contributed by atoms with Gasteiger partial charge in [-0.05, 0) is 26.2 Å². The Kier molecular flexibility index (Phi) is 3.04. The minimum Gasteiger partial charge on any atom is -0.396 e. The fourth-order valence-corrected chi connectivity index (χ4v) is 3.10. The smallest absolute Gasteiger partial charge is 0.224 e. The molecule has 0 aliphatic heterocycles. The number of aliphatic hydroxyl groups is 1. The number of allylic oxidation sites excluding steroid dienone is 1. The summed E-state index contributed by atoms with van der Waals surface area (Å²) >= 11 is 0. The van der Waals surface area contributed by atoms with Crippen molar-refractivity contribution in [1.29, 1.82) is 0 Å². The summed E-state index contributed by atoms with van der Waals surface area (Å²) in [6, 6.07) is 0.637. The number of nitrogen functional groups attached to an aromatic ring is 1. The largest absolute Gasteiger partial charge is 0.396 e. The van der Waals surface area contributed by atoms with E-state index in [0.29, 0.717) is 6.04 Å². The van der Waals surface area contributed by atoms with E-state index in [1.54, 1.807) is 0 Å². The summed E-state index contributed by atoms with van der Waals surface area (Å²) in [6.45, 7) is 2.14. The lowest BCUT2D eigenvalue weighted by atomic mass is 10.1. The number of aliphatic hydroxyl groups excluding tert-OH is 1. The molecule has 0 spiro atoms. The van der Waals surface area contributed by atoms with E-state index in [-0.39, 0.29) is 24.5 Å². The average Bonchev–Trinajstić information content (AvgIpc) is 3.06. The first-order chi connectivity index (χ1) is 10.7. The summed E-state index contributed by atoms with van der Waals surface area (Å²) in [7, 11) is 0. The second-order valence-corrected chi connectivity index (χ2v) is 6.18. The third kappa shape index (κ3) is 2.21. The molecule has 7 heteroatoms. The highest BCUT2D eigenvalue weighted by Crippen LogP contribution is 2.34. The second-order valence-electron chi connectivity index (χ2n) is 6.18. The Morgan fingerprint density at radius 3 is 2.82 bits per heavy atom. The van der Waals surface area contributed by atoms with Gasteiger partial charge in [-0.3, -0.25) is 0 Å². The van der Waals surface area contributed by atoms with Crippen molar-refractivity contribution < 1.29 is 5.11 Å². The molecule has 0 radical (unpaired) electrons. The monoisotopic (exact) mass is 300 g/mol. The predicted octanol–water partition coefficient (Wildman–Crippen LogP) is 1.40. The van der Waals surface area contributed by atoms with Crippen LogP contribution in [-0.4, -0.2) is 37.3 Å². The Morgan fingerprint density at radius 2 is 2.14 bits per heavy atom. The summed E-state index contributed by atoms with van der Waals surface area (Å²) in [6.07, 6.45) is 7.35. The molecule has 2 aromatic rings. The first kappa shape index (κ1) is 13.5. The molecule has 2 unspecified atom stereocenters. The zero-order valence-electron chi connectivity index (χ0n) is 12.5. The first-order valence-corrected chi connectivity index (χ1v) is 7.73. The number of aryl methyl sites for hydroxylation is 1. The van der Waals surface area contributed by atoms with E-state index >= 15 is 0 Å². The molecule has 0 bridgehead atoms. The van der Waals surface area contributed by atoms with Gasteiger partial charge in [0.05, 0.1) is 6.04 Å². The number of nitrogens with one attached hydrogen (secondary N) is 1. The predicted molar refractivity (Wildman–Crippen MR) is 84.5 cm³/mol. The number of nitrogens with two attached hydrogens (primary N) is 1. The van der Waals surface area contributed by atoms with Crippen LogP contribution in [0.5, 0.6) is 0 Å². The van der Waals surface area contributed by atoms with Gasteiger partial charge in [-0.1, -0.05) is 12.2 Å². The van der Waals surface area contributed by atoms with Gasteiger partial charge in [0.1, 0.15) is 5.82 Å². The van der Waals surface area contributed by atoms with Crippen LogP contribution < -0.4 is 11.1 Å². The molecule has 2 aromatic heterocycles. The minimum atomic E-state index is 0.158. The van der Waals surface area contributed by atoms with Crippen molar-refractivity contribution in [2.45, 2.75) is 38.3 Å². The fourth-order valence-electron chi connectivity index (χ4n) is 3.10. The molecular formula is C15H20N6O. The van der Waals surface area contributed by atoms with E-state index in [9.17, 15) is 5.11 Å². The highest BCUT2D eigenvalue weighted by Gasteiger charge is 2.27. The van der Waals surface area contributed by atoms with Crippen molar-refractivity contribution in [1.82, 2.24) is 19.5 Å². The van der Waals surface area contributed by atoms with Crippen molar-refractivity contribution in [3.05, 3.63) is 18.0 Å². The third-order valence-corrected chi connectivity index (χ3v) is 4.37. The number of aromatic nitrogens is 4. The normalized spacial score (nSPS) is 24.3. The number of anilines is 2. The minimum absolute atomic E-state index is 0.158. The van der Waals surface area contributed by atoms with E-state index in [1.807, 2.05) is 6.92 Å². The molecular weight excluding hydrogens is 280 g/mol. The van der Waals surface area contributed by atoms with Crippen LogP contribution in [0.2, 0.25) is 0 Å². The Labute approximate surface area is 128 Å². The molecule has 0 saturated heterocycles. The van der Waals surface area contributed by atoms with Gasteiger partial charge in [-0.15, -0.1) is 0 Å². The quantitative estimate of drug-likeness (QED) is 0.738. The summed E-state index contributed by atoms with van der Waals surface area (Å²) in [5.74, 6) is 2.08. The van der Waals surface area contributed by atoms with Crippen molar-refractivity contribution >= 4 is 22.9 Å². The van der Waals surface area contributed by atoms with Gasteiger partial charge in [0.15, 0.2) is 17.0 Å². The molecule has 2 aliphatic carbocycles. The highest BCUT2D eigenvalue weighted by atomic mass is 16.3. The lowest BCUT2D eigenvalue weighted by Gasteiger charge is -2.15. The molecule has 0 amide bonds. The van der Waals surface area contributed by atoms with Gasteiger partial charge in [0, 0.05) is 18.6 Å². The first-order valence-electron chi connectivity index (χ1n) is 7.73. The third-order valence-electron chi connectivity index (χ3n) is 4.37. The fraction of sp³-hybridized carbons (Fsp3) is 0.533. The van der Waals surface area contributed by atoms with Gasteiger partial charge < -0.3 is 20.7 Å². The number of imidazole rings is 1. The van der Waals surface area contributed by atoms with E-state index in [2.05, 4.69) is 37.0 Å². The molecule has 22 heavy (non-hydrogen) atoms. The summed E-state index contributed by atoms with van der Waals surface area (Å²) in [5, 5.41) is 12.7. The summed E-state index contributed by atoms with van der Waals surface area (Å²) < 4.78 is 2.09. The van der Waals surface area contributed by atoms with Crippen LogP contribution in [0.25, 0.3) is 11.2 Å². The van der Waals surface area contributed by atoms with Crippen molar-refractivity contribution in [2.75, 3.05) is 17.7 Å². The Morgan fingerprint density at radius 1 is 1.32 bits per heavy atom. The van der Waals surface area contributed by atoms with E-state index in [0.717, 1.165) is 42.1 Å². The molecule has 2 atom stereocenters. The highest BCUT2D eigenvalue weighted by molar-refractivity contribution is 5.85. The number of hydrogen-bond donors (Lipinski definition) is 3. The zero-order valence-corrected chi connectivity index (χ0v) is 12.5. The molecule has 7 nitrogen and oxygen atoms in total. The summed E-state index contributed by atoms with van der Waals surface area (Å²) in [5.41, 5.74) is 7.43. The Bertz CT molecular complexity index is 748. The maximum Gasteiger partial charge on any atom is 0.224 e. The molecule has 2 aliphatic rings. The zero-order chi connectivity index (χ0) is 15.3. The molecule has 4 N–H and O–H groups in total. The molecule has 2 heterocycles. The van der Waals surface area contributed by atoms with Crippen LogP contribution >= 0.6 is 0 Å². The number of fused-ring (bicyclic) bond motifs is 1. The van der Waals surface area contributed by atoms with E-state index < -0.39 is 0 Å². The van der Waals surface area contributed by atoms with Crippen LogP contribution in [0, 0.1) is 12.8 Å². The molecule has 116 valence electrons. The van der Waals surface area contributed by atoms with Crippen molar-refractivity contribution in [3.8, 4) is 0 Å². The van der Waals surface area contributed by atoms with Gasteiger partial charge >= 0.3 is 0 Å². The average molecular weight is 300 g/mol. The van der Waals surface area contributed by atoms with E-state index in [4.69, 9.17) is 5.73 Å². The number of nitrogens with zero attached hydrogens (tertiary/aromatic N) is 4. The van der Waals surface area contributed by atoms with Gasteiger partial charge in [-0.25, -0.2) is 4.98 Å². The van der Waals surface area contributed by atoms with Crippen LogP contribution in [0.15, 0.2) is 12.2 Å². The standard InChI is InChI=1S/C15H20N6O/c1-8-17-12-13(18-10-3-4-10)19-15(16)20-14(12)21(8)11-5-2-9(6-11)7-22/h2,5,9-11,22H,3-4,6-7H2,1H3,(H3,16,18,19,20). The van der Waals surface area contributed by atoms with Crippen LogP contribution in [0.4, 0.5) is 11.8 Å². The van der Waals surface area contributed by atoms with Gasteiger partial charge in [0.2, 0.25) is 5.95 Å². The molecule has 4 rings (SSSR count). The van der Waals surface area contributed by atoms with Crippen molar-refractivity contribution in [3.63, 3.8) is 0 Å². The maximum absolute atomic E-state index is 9.33. The van der Waals surface area contributed by atoms with Gasteiger partial charge in [0.25, 0.3) is 0 Å². The van der Waals surface area contributed by atoms with Crippen molar-refractivity contribution in [2.24, 2.45) is 5.92 Å². The number of hydrogen-bond acceptors (Lipinski definition) is 6. The second kappa shape index (κ2) is 4.95. The molecule has 1 saturated carbocycles. The maximum atomic E-state index is 9.33. The lowest BCUT2D eigenvalue weighted by Crippen LogP contribution is -2.11. The number of rotatable bonds is 4.